The smallest absolute Gasteiger partial charge is 0.302 e. The van der Waals surface area contributed by atoms with Gasteiger partial charge in [-0.15, -0.1) is 0 Å². The molecule has 0 radical (unpaired) electrons. The fraction of sp³-hybridized carbons (Fsp3) is 0.941. The highest BCUT2D eigenvalue weighted by molar-refractivity contribution is 5.66. The Bertz CT molecular complexity index is 321. The zero-order valence-corrected chi connectivity index (χ0v) is 13.1. The van der Waals surface area contributed by atoms with Crippen molar-refractivity contribution in [3.63, 3.8) is 0 Å². The van der Waals surface area contributed by atoms with Crippen molar-refractivity contribution < 1.29 is 9.53 Å². The zero-order valence-electron chi connectivity index (χ0n) is 13.1. The average Bonchev–Trinajstić information content (AvgIpc) is 2.88. The Balaban J connectivity index is 1.78. The van der Waals surface area contributed by atoms with Crippen molar-refractivity contribution in [2.45, 2.75) is 78.7 Å². The maximum Gasteiger partial charge on any atom is 0.302 e. The molecule has 0 aromatic rings. The van der Waals surface area contributed by atoms with Crippen LogP contribution in [0.5, 0.6) is 0 Å². The van der Waals surface area contributed by atoms with Crippen LogP contribution in [0, 0.1) is 23.2 Å². The van der Waals surface area contributed by atoms with Gasteiger partial charge in [0.05, 0.1) is 0 Å². The summed E-state index contributed by atoms with van der Waals surface area (Å²) in [6.45, 7) is 8.58. The lowest BCUT2D eigenvalue weighted by Crippen LogP contribution is -2.30. The highest BCUT2D eigenvalue weighted by atomic mass is 16.5. The van der Waals surface area contributed by atoms with Crippen molar-refractivity contribution in [2.75, 3.05) is 0 Å². The van der Waals surface area contributed by atoms with E-state index in [0.29, 0.717) is 5.41 Å². The quantitative estimate of drug-likeness (QED) is 0.658. The number of carbonyl (C=O) groups excluding carboxylic acids is 1. The Hall–Kier alpha value is -0.530. The number of hydrogen-bond acceptors (Lipinski definition) is 2. The van der Waals surface area contributed by atoms with E-state index in [1.165, 1.54) is 39.0 Å². The summed E-state index contributed by atoms with van der Waals surface area (Å²) in [6.07, 6.45) is 9.05. The van der Waals surface area contributed by atoms with Gasteiger partial charge in [-0.2, -0.15) is 0 Å². The molecule has 110 valence electrons. The number of ether oxygens (including phenoxy) is 1. The summed E-state index contributed by atoms with van der Waals surface area (Å²) >= 11 is 0. The standard InChI is InChI=1S/C17H30O2/c1-5-15(19-12(2)18)7-6-8-16-13-9-10-14(11-13)17(16,3)4/h13-16H,5-11H2,1-4H3. The fourth-order valence-electron chi connectivity index (χ4n) is 4.72. The van der Waals surface area contributed by atoms with E-state index in [2.05, 4.69) is 20.8 Å². The lowest BCUT2D eigenvalue weighted by Gasteiger charge is -2.38. The number of rotatable bonds is 6. The monoisotopic (exact) mass is 266 g/mol. The van der Waals surface area contributed by atoms with Crippen LogP contribution in [0.3, 0.4) is 0 Å². The van der Waals surface area contributed by atoms with Crippen LogP contribution in [0.25, 0.3) is 0 Å². The minimum atomic E-state index is -0.132. The largest absolute Gasteiger partial charge is 0.463 e. The normalized spacial score (nSPS) is 33.4. The third-order valence-electron chi connectivity index (χ3n) is 5.88. The van der Waals surface area contributed by atoms with Gasteiger partial charge >= 0.3 is 5.97 Å². The molecule has 2 bridgehead atoms. The van der Waals surface area contributed by atoms with Gasteiger partial charge in [-0.3, -0.25) is 4.79 Å². The highest BCUT2D eigenvalue weighted by Crippen LogP contribution is 2.60. The summed E-state index contributed by atoms with van der Waals surface area (Å²) in [4.78, 5) is 11.0. The zero-order chi connectivity index (χ0) is 14.0. The lowest BCUT2D eigenvalue weighted by atomic mass is 9.67. The van der Waals surface area contributed by atoms with Gasteiger partial charge < -0.3 is 4.74 Å². The molecular formula is C17H30O2. The van der Waals surface area contributed by atoms with Crippen molar-refractivity contribution in [3.05, 3.63) is 0 Å². The Morgan fingerprint density at radius 1 is 1.37 bits per heavy atom. The first kappa shape index (κ1) is 14.9. The second-order valence-corrected chi connectivity index (χ2v) is 7.27. The number of carbonyl (C=O) groups is 1. The predicted octanol–water partition coefficient (Wildman–Crippen LogP) is 4.57. The molecule has 0 heterocycles. The van der Waals surface area contributed by atoms with Crippen LogP contribution in [0.1, 0.15) is 72.6 Å². The van der Waals surface area contributed by atoms with E-state index < -0.39 is 0 Å². The number of esters is 1. The molecule has 0 aromatic heterocycles. The lowest BCUT2D eigenvalue weighted by molar-refractivity contribution is -0.146. The van der Waals surface area contributed by atoms with Crippen molar-refractivity contribution in [1.82, 2.24) is 0 Å². The molecule has 0 aromatic carbocycles. The maximum absolute atomic E-state index is 11.0. The Morgan fingerprint density at radius 3 is 2.63 bits per heavy atom. The summed E-state index contributed by atoms with van der Waals surface area (Å²) in [7, 11) is 0. The molecule has 2 rings (SSSR count). The molecule has 2 saturated carbocycles. The van der Waals surface area contributed by atoms with Gasteiger partial charge in [0, 0.05) is 6.92 Å². The second kappa shape index (κ2) is 5.85. The van der Waals surface area contributed by atoms with Crippen LogP contribution < -0.4 is 0 Å². The molecule has 2 nitrogen and oxygen atoms in total. The number of fused-ring (bicyclic) bond motifs is 2. The van der Waals surface area contributed by atoms with E-state index in [4.69, 9.17) is 4.74 Å². The Morgan fingerprint density at radius 2 is 2.11 bits per heavy atom. The third kappa shape index (κ3) is 3.14. The van der Waals surface area contributed by atoms with Crippen LogP contribution in [0.2, 0.25) is 0 Å². The summed E-state index contributed by atoms with van der Waals surface area (Å²) in [5.74, 6) is 2.72. The second-order valence-electron chi connectivity index (χ2n) is 7.27. The van der Waals surface area contributed by atoms with Crippen LogP contribution in [-0.4, -0.2) is 12.1 Å². The van der Waals surface area contributed by atoms with Gasteiger partial charge in [0.25, 0.3) is 0 Å². The summed E-state index contributed by atoms with van der Waals surface area (Å²) in [5.41, 5.74) is 0.548. The van der Waals surface area contributed by atoms with Crippen LogP contribution >= 0.6 is 0 Å². The molecule has 4 atom stereocenters. The van der Waals surface area contributed by atoms with Crippen molar-refractivity contribution >= 4 is 5.97 Å². The minimum absolute atomic E-state index is 0.132. The summed E-state index contributed by atoms with van der Waals surface area (Å²) < 4.78 is 5.34. The van der Waals surface area contributed by atoms with Gasteiger partial charge in [-0.25, -0.2) is 0 Å². The molecule has 2 heteroatoms. The van der Waals surface area contributed by atoms with Gasteiger partial charge in [0.15, 0.2) is 0 Å². The molecule has 4 unspecified atom stereocenters. The molecule has 0 amide bonds. The predicted molar refractivity (Wildman–Crippen MR) is 77.8 cm³/mol. The SMILES string of the molecule is CCC(CCCC1C2CCC(C2)C1(C)C)OC(C)=O. The van der Waals surface area contributed by atoms with Gasteiger partial charge in [-0.05, 0) is 68.1 Å². The van der Waals surface area contributed by atoms with Gasteiger partial charge in [-0.1, -0.05) is 20.8 Å². The van der Waals surface area contributed by atoms with E-state index in [1.807, 2.05) is 0 Å². The fourth-order valence-corrected chi connectivity index (χ4v) is 4.72. The maximum atomic E-state index is 11.0. The van der Waals surface area contributed by atoms with E-state index in [0.717, 1.165) is 30.6 Å². The molecule has 2 aliphatic rings. The molecule has 19 heavy (non-hydrogen) atoms. The molecule has 0 spiro atoms. The van der Waals surface area contributed by atoms with Crippen LogP contribution in [-0.2, 0) is 9.53 Å². The van der Waals surface area contributed by atoms with Crippen LogP contribution in [0.4, 0.5) is 0 Å². The van der Waals surface area contributed by atoms with Gasteiger partial charge in [0.1, 0.15) is 6.10 Å². The first-order valence-electron chi connectivity index (χ1n) is 8.12. The average molecular weight is 266 g/mol. The Labute approximate surface area is 118 Å². The third-order valence-corrected chi connectivity index (χ3v) is 5.88. The molecule has 0 saturated heterocycles. The topological polar surface area (TPSA) is 26.3 Å². The van der Waals surface area contributed by atoms with Gasteiger partial charge in [0.2, 0.25) is 0 Å². The van der Waals surface area contributed by atoms with E-state index in [-0.39, 0.29) is 12.1 Å². The van der Waals surface area contributed by atoms with E-state index in [1.54, 1.807) is 0 Å². The van der Waals surface area contributed by atoms with E-state index in [9.17, 15) is 4.79 Å². The Kier molecular flexibility index (Phi) is 4.58. The summed E-state index contributed by atoms with van der Waals surface area (Å²) in [5, 5.41) is 0. The molecule has 2 aliphatic carbocycles. The van der Waals surface area contributed by atoms with Crippen molar-refractivity contribution in [3.8, 4) is 0 Å². The molecule has 0 aliphatic heterocycles. The van der Waals surface area contributed by atoms with Crippen LogP contribution in [0.15, 0.2) is 0 Å². The van der Waals surface area contributed by atoms with Crippen molar-refractivity contribution in [1.29, 1.82) is 0 Å². The first-order valence-corrected chi connectivity index (χ1v) is 8.12. The minimum Gasteiger partial charge on any atom is -0.463 e. The molecular weight excluding hydrogens is 236 g/mol. The molecule has 0 N–H and O–H groups in total. The number of hydrogen-bond donors (Lipinski definition) is 0. The highest BCUT2D eigenvalue weighted by Gasteiger charge is 2.51. The summed E-state index contributed by atoms with van der Waals surface area (Å²) in [6, 6.07) is 0. The first-order chi connectivity index (χ1) is 8.95. The van der Waals surface area contributed by atoms with E-state index >= 15 is 0 Å². The molecule has 2 fully saturated rings. The van der Waals surface area contributed by atoms with Crippen molar-refractivity contribution in [2.24, 2.45) is 23.2 Å².